The molecule has 0 bridgehead atoms. The van der Waals surface area contributed by atoms with Gasteiger partial charge in [-0.3, -0.25) is 7.32 Å². The maximum atomic E-state index is 8.42. The van der Waals surface area contributed by atoms with Crippen LogP contribution in [0.4, 0.5) is 0 Å². The van der Waals surface area contributed by atoms with Gasteiger partial charge in [0.1, 0.15) is 0 Å². The van der Waals surface area contributed by atoms with Crippen LogP contribution in [-0.2, 0) is 20.2 Å². The summed E-state index contributed by atoms with van der Waals surface area (Å²) in [6.45, 7) is 0. The Bertz CT molecular complexity index is 94.8. The van der Waals surface area contributed by atoms with Crippen LogP contribution >= 0.6 is 0 Å². The molecule has 0 atom stereocenters. The Labute approximate surface area is 81.3 Å². The Morgan fingerprint density at radius 1 is 1.08 bits per heavy atom. The van der Waals surface area contributed by atoms with Crippen molar-refractivity contribution in [3.05, 3.63) is 0 Å². The van der Waals surface area contributed by atoms with Gasteiger partial charge in [0.2, 0.25) is 0 Å². The summed E-state index contributed by atoms with van der Waals surface area (Å²) < 4.78 is 4.75. The zero-order chi connectivity index (χ0) is 9.40. The maximum Gasteiger partial charge on any atom is -0.278 e. The summed E-state index contributed by atoms with van der Waals surface area (Å²) >= 11 is 4.60. The van der Waals surface area contributed by atoms with E-state index in [-0.39, 0.29) is 0 Å². The largest absolute Gasteiger partial charge is 0.907 e. The molecule has 1 aliphatic carbocycles. The van der Waals surface area contributed by atoms with Crippen LogP contribution in [0.25, 0.3) is 0 Å². The minimum Gasteiger partial charge on any atom is -0.907 e. The van der Waals surface area contributed by atoms with E-state index < -0.39 is 7.32 Å². The summed E-state index contributed by atoms with van der Waals surface area (Å²) in [6, 6.07) is 0. The van der Waals surface area contributed by atoms with Crippen molar-refractivity contribution in [2.45, 2.75) is 38.2 Å². The molecule has 0 spiro atoms. The molecule has 0 unspecified atom stereocenters. The molecule has 6 heteroatoms. The molecule has 1 fully saturated rings. The Morgan fingerprint density at radius 2 is 1.50 bits per heavy atom. The van der Waals surface area contributed by atoms with Crippen LogP contribution in [0.3, 0.4) is 0 Å². The predicted octanol–water partition coefficient (Wildman–Crippen LogP) is -2.15. The van der Waals surface area contributed by atoms with E-state index in [2.05, 4.69) is 16.3 Å². The van der Waals surface area contributed by atoms with Gasteiger partial charge in [-0.05, 0) is 0 Å². The van der Waals surface area contributed by atoms with E-state index in [4.69, 9.17) is 18.9 Å². The van der Waals surface area contributed by atoms with Gasteiger partial charge in [-0.2, -0.15) is 0 Å². The van der Waals surface area contributed by atoms with E-state index in [0.29, 0.717) is 6.10 Å². The SMILES string of the molecule is [Cu+3][O]C1CCCCC1.[O-]B([O-])[O-]. The number of hydrogen-bond donors (Lipinski definition) is 0. The van der Waals surface area contributed by atoms with Gasteiger partial charge in [-0.1, -0.05) is 0 Å². The molecule has 4 nitrogen and oxygen atoms in total. The van der Waals surface area contributed by atoms with E-state index in [1.54, 1.807) is 0 Å². The molecule has 0 aromatic carbocycles. The minimum atomic E-state index is -2.92. The zero-order valence-corrected chi connectivity index (χ0v) is 7.57. The quantitative estimate of drug-likeness (QED) is 0.473. The normalized spacial score (nSPS) is 18.0. The van der Waals surface area contributed by atoms with Crippen molar-refractivity contribution >= 4 is 7.32 Å². The third kappa shape index (κ3) is 8.52. The molecule has 1 aliphatic rings. The van der Waals surface area contributed by atoms with Crippen molar-refractivity contribution < 1.29 is 35.2 Å². The fraction of sp³-hybridized carbons (Fsp3) is 1.00. The van der Waals surface area contributed by atoms with E-state index in [1.807, 2.05) is 0 Å². The van der Waals surface area contributed by atoms with Crippen LogP contribution in [0.15, 0.2) is 0 Å². The van der Waals surface area contributed by atoms with E-state index in [1.165, 1.54) is 32.1 Å². The summed E-state index contributed by atoms with van der Waals surface area (Å²) in [5.41, 5.74) is 0. The fourth-order valence-corrected chi connectivity index (χ4v) is 1.36. The summed E-state index contributed by atoms with van der Waals surface area (Å²) in [5.74, 6) is 0. The average Bonchev–Trinajstić information content (AvgIpc) is 2.05. The van der Waals surface area contributed by atoms with Gasteiger partial charge in [0.25, 0.3) is 0 Å². The Balaban J connectivity index is 0.000000261. The molecule has 0 amide bonds. The molecule has 12 heavy (non-hydrogen) atoms. The Morgan fingerprint density at radius 3 is 1.75 bits per heavy atom. The van der Waals surface area contributed by atoms with Crippen molar-refractivity contribution in [1.82, 2.24) is 0 Å². The van der Waals surface area contributed by atoms with Gasteiger partial charge in [-0.15, -0.1) is 0 Å². The average molecular weight is 222 g/mol. The van der Waals surface area contributed by atoms with Crippen molar-refractivity contribution in [3.8, 4) is 0 Å². The van der Waals surface area contributed by atoms with E-state index in [0.717, 1.165) is 0 Å². The molecule has 0 heterocycles. The molecule has 0 N–H and O–H groups in total. The molecule has 0 aliphatic heterocycles. The predicted molar refractivity (Wildman–Crippen MR) is 33.7 cm³/mol. The first kappa shape index (κ1) is 12.4. The first-order valence-corrected chi connectivity index (χ1v) is 4.27. The van der Waals surface area contributed by atoms with Gasteiger partial charge in [0.15, 0.2) is 0 Å². The fourth-order valence-electron chi connectivity index (χ4n) is 1.14. The van der Waals surface area contributed by atoms with Crippen LogP contribution in [-0.4, -0.2) is 13.4 Å². The Hall–Kier alpha value is 0.424. The van der Waals surface area contributed by atoms with Crippen molar-refractivity contribution in [3.63, 3.8) is 0 Å². The van der Waals surface area contributed by atoms with Crippen LogP contribution in [0.1, 0.15) is 32.1 Å². The molecular weight excluding hydrogens is 210 g/mol. The third-order valence-electron chi connectivity index (χ3n) is 1.65. The summed E-state index contributed by atoms with van der Waals surface area (Å²) in [7, 11) is -2.92. The van der Waals surface area contributed by atoms with E-state index in [9.17, 15) is 0 Å². The summed E-state index contributed by atoms with van der Waals surface area (Å²) in [6.07, 6.45) is 6.72. The van der Waals surface area contributed by atoms with Crippen LogP contribution in [0.5, 0.6) is 0 Å². The second-order valence-corrected chi connectivity index (χ2v) is 2.84. The molecule has 0 radical (unpaired) electrons. The monoisotopic (exact) mass is 221 g/mol. The standard InChI is InChI=1S/C6H11O.BO3.Cu/c7-6-4-2-1-3-5-6;2-1(3)4;/h6H,1-5H2;;/q-1;-3;+4. The molecule has 1 rings (SSSR count). The zero-order valence-electron chi connectivity index (χ0n) is 6.62. The van der Waals surface area contributed by atoms with Gasteiger partial charge in [-0.25, -0.2) is 0 Å². The van der Waals surface area contributed by atoms with Crippen molar-refractivity contribution in [1.29, 1.82) is 0 Å². The first-order chi connectivity index (χ1) is 5.66. The second kappa shape index (κ2) is 8.04. The molecule has 0 aromatic rings. The van der Waals surface area contributed by atoms with Crippen molar-refractivity contribution in [2.75, 3.05) is 0 Å². The van der Waals surface area contributed by atoms with Crippen LogP contribution in [0, 0.1) is 0 Å². The third-order valence-corrected chi connectivity index (χ3v) is 1.97. The van der Waals surface area contributed by atoms with Gasteiger partial charge in [0, 0.05) is 0 Å². The van der Waals surface area contributed by atoms with Gasteiger partial charge < -0.3 is 15.1 Å². The number of hydrogen-bond acceptors (Lipinski definition) is 4. The van der Waals surface area contributed by atoms with Crippen LogP contribution in [0.2, 0.25) is 0 Å². The van der Waals surface area contributed by atoms with Crippen molar-refractivity contribution in [2.24, 2.45) is 0 Å². The topological polar surface area (TPSA) is 78.4 Å². The van der Waals surface area contributed by atoms with Gasteiger partial charge in [0.05, 0.1) is 0 Å². The maximum absolute atomic E-state index is 8.42. The smallest absolute Gasteiger partial charge is 0.278 e. The molecule has 0 aromatic heterocycles. The Kier molecular flexibility index (Phi) is 8.33. The summed E-state index contributed by atoms with van der Waals surface area (Å²) in [4.78, 5) is 0. The molecule has 73 valence electrons. The van der Waals surface area contributed by atoms with Gasteiger partial charge >= 0.3 is 58.4 Å². The minimum absolute atomic E-state index is 0.392. The first-order valence-electron chi connectivity index (χ1n) is 3.88. The molecule has 0 saturated heterocycles. The van der Waals surface area contributed by atoms with E-state index >= 15 is 0 Å². The molecule has 1 saturated carbocycles. The summed E-state index contributed by atoms with van der Waals surface area (Å²) in [5, 5.41) is 25.2. The number of rotatable bonds is 1. The van der Waals surface area contributed by atoms with Crippen LogP contribution < -0.4 is 15.1 Å². The molecular formula is C6H11BCuO4. The second-order valence-electron chi connectivity index (χ2n) is 2.62.